The quantitative estimate of drug-likeness (QED) is 0.820. The van der Waals surface area contributed by atoms with Crippen LogP contribution in [-0.2, 0) is 0 Å². The van der Waals surface area contributed by atoms with Crippen LogP contribution in [0.2, 0.25) is 5.02 Å². The number of benzene rings is 1. The molecule has 0 fully saturated rings. The Morgan fingerprint density at radius 1 is 1.28 bits per heavy atom. The van der Waals surface area contributed by atoms with Gasteiger partial charge in [0.05, 0.1) is 0 Å². The standard InChI is InChI=1S/C16H24ClN/c1-5-8-18-14-7-6-10(2)15-13(17)9-11(3)12(4)16(14)15/h9-10,14,18H,5-8H2,1-4H3. The van der Waals surface area contributed by atoms with Crippen molar-refractivity contribution in [1.29, 1.82) is 0 Å². The predicted octanol–water partition coefficient (Wildman–Crippen LogP) is 4.89. The van der Waals surface area contributed by atoms with Crippen LogP contribution in [0.5, 0.6) is 0 Å². The van der Waals surface area contributed by atoms with E-state index in [1.807, 2.05) is 0 Å². The Morgan fingerprint density at radius 3 is 2.67 bits per heavy atom. The number of rotatable bonds is 3. The van der Waals surface area contributed by atoms with Gasteiger partial charge in [-0.15, -0.1) is 0 Å². The van der Waals surface area contributed by atoms with E-state index in [1.165, 1.54) is 41.5 Å². The van der Waals surface area contributed by atoms with Crippen LogP contribution < -0.4 is 5.32 Å². The lowest BCUT2D eigenvalue weighted by Gasteiger charge is -2.33. The van der Waals surface area contributed by atoms with Gasteiger partial charge in [-0.25, -0.2) is 0 Å². The first-order valence-corrected chi connectivity index (χ1v) is 7.46. The van der Waals surface area contributed by atoms with Gasteiger partial charge in [-0.05, 0) is 73.9 Å². The minimum Gasteiger partial charge on any atom is -0.310 e. The van der Waals surface area contributed by atoms with Gasteiger partial charge >= 0.3 is 0 Å². The number of fused-ring (bicyclic) bond motifs is 1. The molecule has 0 saturated carbocycles. The molecule has 2 rings (SSSR count). The summed E-state index contributed by atoms with van der Waals surface area (Å²) in [6.45, 7) is 10.0. The molecule has 0 amide bonds. The summed E-state index contributed by atoms with van der Waals surface area (Å²) in [5, 5.41) is 4.65. The van der Waals surface area contributed by atoms with E-state index in [0.717, 1.165) is 11.6 Å². The van der Waals surface area contributed by atoms with Crippen LogP contribution in [-0.4, -0.2) is 6.54 Å². The molecule has 1 nitrogen and oxygen atoms in total. The van der Waals surface area contributed by atoms with Gasteiger partial charge in [0.1, 0.15) is 0 Å². The molecule has 0 heterocycles. The zero-order chi connectivity index (χ0) is 13.3. The molecule has 0 radical (unpaired) electrons. The molecule has 1 aliphatic rings. The Balaban J connectivity index is 2.48. The van der Waals surface area contributed by atoms with E-state index in [1.54, 1.807) is 0 Å². The lowest BCUT2D eigenvalue weighted by Crippen LogP contribution is -2.28. The van der Waals surface area contributed by atoms with Gasteiger partial charge in [0.25, 0.3) is 0 Å². The maximum atomic E-state index is 6.49. The van der Waals surface area contributed by atoms with Gasteiger partial charge < -0.3 is 5.32 Å². The lowest BCUT2D eigenvalue weighted by molar-refractivity contribution is 0.431. The highest BCUT2D eigenvalue weighted by molar-refractivity contribution is 6.31. The third kappa shape index (κ3) is 2.44. The van der Waals surface area contributed by atoms with E-state index in [0.29, 0.717) is 12.0 Å². The van der Waals surface area contributed by atoms with E-state index < -0.39 is 0 Å². The van der Waals surface area contributed by atoms with Crippen molar-refractivity contribution in [2.45, 2.75) is 58.9 Å². The maximum absolute atomic E-state index is 6.49. The van der Waals surface area contributed by atoms with Crippen molar-refractivity contribution in [3.63, 3.8) is 0 Å². The Labute approximate surface area is 116 Å². The molecule has 0 spiro atoms. The summed E-state index contributed by atoms with van der Waals surface area (Å²) < 4.78 is 0. The van der Waals surface area contributed by atoms with Crippen LogP contribution in [0, 0.1) is 13.8 Å². The minimum absolute atomic E-state index is 0.494. The van der Waals surface area contributed by atoms with Gasteiger partial charge in [-0.3, -0.25) is 0 Å². The average molecular weight is 266 g/mol. The minimum atomic E-state index is 0.494. The molecule has 0 bridgehead atoms. The fourth-order valence-electron chi connectivity index (χ4n) is 3.10. The smallest absolute Gasteiger partial charge is 0.0446 e. The first kappa shape index (κ1) is 13.9. The largest absolute Gasteiger partial charge is 0.310 e. The molecule has 1 aromatic rings. The van der Waals surface area contributed by atoms with E-state index in [2.05, 4.69) is 39.1 Å². The zero-order valence-corrected chi connectivity index (χ0v) is 12.7. The molecule has 100 valence electrons. The zero-order valence-electron chi connectivity index (χ0n) is 11.9. The average Bonchev–Trinajstić information content (AvgIpc) is 2.34. The first-order chi connectivity index (χ1) is 8.56. The molecule has 1 aromatic carbocycles. The molecule has 1 N–H and O–H groups in total. The van der Waals surface area contributed by atoms with Crippen molar-refractivity contribution < 1.29 is 0 Å². The molecule has 0 aliphatic heterocycles. The van der Waals surface area contributed by atoms with Gasteiger partial charge in [-0.1, -0.05) is 25.4 Å². The van der Waals surface area contributed by atoms with Crippen molar-refractivity contribution >= 4 is 11.6 Å². The Bertz CT molecular complexity index is 439. The van der Waals surface area contributed by atoms with E-state index in [9.17, 15) is 0 Å². The third-order valence-corrected chi connectivity index (χ3v) is 4.57. The van der Waals surface area contributed by atoms with E-state index in [-0.39, 0.29) is 0 Å². The molecule has 0 saturated heterocycles. The Hall–Kier alpha value is -0.530. The molecule has 2 heteroatoms. The van der Waals surface area contributed by atoms with Crippen LogP contribution in [0.1, 0.15) is 67.3 Å². The molecule has 1 aliphatic carbocycles. The van der Waals surface area contributed by atoms with Crippen molar-refractivity contribution in [1.82, 2.24) is 5.32 Å². The fraction of sp³-hybridized carbons (Fsp3) is 0.625. The third-order valence-electron chi connectivity index (χ3n) is 4.26. The monoisotopic (exact) mass is 265 g/mol. The molecule has 2 atom stereocenters. The second-order valence-electron chi connectivity index (χ2n) is 5.61. The Morgan fingerprint density at radius 2 is 2.00 bits per heavy atom. The second-order valence-corrected chi connectivity index (χ2v) is 6.02. The number of hydrogen-bond acceptors (Lipinski definition) is 1. The topological polar surface area (TPSA) is 12.0 Å². The summed E-state index contributed by atoms with van der Waals surface area (Å²) in [5.41, 5.74) is 5.61. The summed E-state index contributed by atoms with van der Waals surface area (Å²) in [6, 6.07) is 2.63. The summed E-state index contributed by atoms with van der Waals surface area (Å²) in [4.78, 5) is 0. The Kier molecular flexibility index (Phi) is 4.34. The highest BCUT2D eigenvalue weighted by Gasteiger charge is 2.28. The molecular formula is C16H24ClN. The summed E-state index contributed by atoms with van der Waals surface area (Å²) >= 11 is 6.49. The second kappa shape index (κ2) is 5.63. The molecule has 2 unspecified atom stereocenters. The van der Waals surface area contributed by atoms with E-state index >= 15 is 0 Å². The number of hydrogen-bond donors (Lipinski definition) is 1. The molecule has 0 aromatic heterocycles. The van der Waals surface area contributed by atoms with E-state index in [4.69, 9.17) is 11.6 Å². The van der Waals surface area contributed by atoms with Crippen molar-refractivity contribution in [2.75, 3.05) is 6.54 Å². The normalized spacial score (nSPS) is 22.9. The maximum Gasteiger partial charge on any atom is 0.0446 e. The summed E-state index contributed by atoms with van der Waals surface area (Å²) in [5.74, 6) is 0.589. The van der Waals surface area contributed by atoms with Gasteiger partial charge in [0, 0.05) is 11.1 Å². The number of halogens is 1. The number of aryl methyl sites for hydroxylation is 1. The van der Waals surface area contributed by atoms with Crippen molar-refractivity contribution in [2.24, 2.45) is 0 Å². The van der Waals surface area contributed by atoms with Crippen LogP contribution >= 0.6 is 11.6 Å². The van der Waals surface area contributed by atoms with Crippen LogP contribution in [0.4, 0.5) is 0 Å². The highest BCUT2D eigenvalue weighted by atomic mass is 35.5. The lowest BCUT2D eigenvalue weighted by atomic mass is 9.78. The van der Waals surface area contributed by atoms with Crippen LogP contribution in [0.25, 0.3) is 0 Å². The first-order valence-electron chi connectivity index (χ1n) is 7.09. The van der Waals surface area contributed by atoms with Gasteiger partial charge in [0.15, 0.2) is 0 Å². The van der Waals surface area contributed by atoms with Crippen molar-refractivity contribution in [3.8, 4) is 0 Å². The molecular weight excluding hydrogens is 242 g/mol. The number of nitrogens with one attached hydrogen (secondary N) is 1. The SMILES string of the molecule is CCCNC1CCC(C)c2c(Cl)cc(C)c(C)c21. The van der Waals surface area contributed by atoms with Gasteiger partial charge in [0.2, 0.25) is 0 Å². The predicted molar refractivity (Wildman–Crippen MR) is 79.6 cm³/mol. The van der Waals surface area contributed by atoms with Crippen molar-refractivity contribution in [3.05, 3.63) is 33.3 Å². The fourth-order valence-corrected chi connectivity index (χ4v) is 3.55. The highest BCUT2D eigenvalue weighted by Crippen LogP contribution is 2.43. The molecule has 18 heavy (non-hydrogen) atoms. The van der Waals surface area contributed by atoms with Crippen LogP contribution in [0.3, 0.4) is 0 Å². The van der Waals surface area contributed by atoms with Crippen LogP contribution in [0.15, 0.2) is 6.07 Å². The van der Waals surface area contributed by atoms with Gasteiger partial charge in [-0.2, -0.15) is 0 Å². The summed E-state index contributed by atoms with van der Waals surface area (Å²) in [7, 11) is 0. The summed E-state index contributed by atoms with van der Waals surface area (Å²) in [6.07, 6.45) is 3.64.